The Balaban J connectivity index is 2.10. The van der Waals surface area contributed by atoms with Gasteiger partial charge in [0.25, 0.3) is 0 Å². The van der Waals surface area contributed by atoms with Gasteiger partial charge in [-0.15, -0.1) is 0 Å². The molecule has 0 aliphatic heterocycles. The van der Waals surface area contributed by atoms with Crippen LogP contribution in [-0.4, -0.2) is 29.2 Å². The Labute approximate surface area is 149 Å². The zero-order chi connectivity index (χ0) is 18.2. The molecule has 0 radical (unpaired) electrons. The van der Waals surface area contributed by atoms with Crippen molar-refractivity contribution in [2.45, 2.75) is 11.6 Å². The number of nitrogens with zero attached hydrogens (tertiary/aromatic N) is 3. The number of pyridine rings is 1. The van der Waals surface area contributed by atoms with Crippen LogP contribution in [0.2, 0.25) is 5.15 Å². The lowest BCUT2D eigenvalue weighted by Gasteiger charge is -2.10. The minimum absolute atomic E-state index is 0.0395. The number of nitrogens with two attached hydrogens (primary N) is 1. The maximum Gasteiger partial charge on any atom is 0.192 e. The van der Waals surface area contributed by atoms with Gasteiger partial charge in [0.15, 0.2) is 20.0 Å². The van der Waals surface area contributed by atoms with E-state index in [1.807, 2.05) is 0 Å². The van der Waals surface area contributed by atoms with Crippen molar-refractivity contribution < 1.29 is 12.8 Å². The second kappa shape index (κ2) is 6.55. The third-order valence-corrected chi connectivity index (χ3v) is 4.93. The normalized spacial score (nSPS) is 11.7. The van der Waals surface area contributed by atoms with Gasteiger partial charge in [-0.2, -0.15) is 0 Å². The molecule has 0 atom stereocenters. The molecule has 0 aliphatic carbocycles. The Hall–Kier alpha value is -2.29. The van der Waals surface area contributed by atoms with E-state index in [9.17, 15) is 12.8 Å². The molecule has 25 heavy (non-hydrogen) atoms. The average Bonchev–Trinajstić information content (AvgIpc) is 2.95. The zero-order valence-corrected chi connectivity index (χ0v) is 14.7. The molecule has 0 fully saturated rings. The van der Waals surface area contributed by atoms with Crippen molar-refractivity contribution in [3.05, 3.63) is 59.4 Å². The van der Waals surface area contributed by atoms with Crippen LogP contribution >= 0.6 is 11.6 Å². The lowest BCUT2D eigenvalue weighted by Crippen LogP contribution is -2.03. The Morgan fingerprint density at radius 2 is 2.00 bits per heavy atom. The number of rotatable bonds is 4. The predicted octanol–water partition coefficient (Wildman–Crippen LogP) is 2.59. The molecule has 2 N–H and O–H groups in total. The fraction of sp³-hybridized carbons (Fsp3) is 0.125. The highest BCUT2D eigenvalue weighted by atomic mass is 35.5. The summed E-state index contributed by atoms with van der Waals surface area (Å²) in [7, 11) is -3.40. The highest BCUT2D eigenvalue weighted by molar-refractivity contribution is 7.90. The van der Waals surface area contributed by atoms with Gasteiger partial charge in [0.05, 0.1) is 17.6 Å². The summed E-state index contributed by atoms with van der Waals surface area (Å²) in [5, 5.41) is 0.148. The van der Waals surface area contributed by atoms with Crippen LogP contribution in [-0.2, 0) is 16.4 Å². The van der Waals surface area contributed by atoms with Gasteiger partial charge in [-0.3, -0.25) is 4.57 Å². The standard InChI is InChI=1S/C16H14ClFN4O2S/c1-25(23,24)14-5-4-12(8-20-14)22-9-21-16(17)15(22)10-2-3-11(7-19)13(18)6-10/h2-6,8-9H,7,19H2,1H3. The molecule has 1 aromatic carbocycles. The van der Waals surface area contributed by atoms with Gasteiger partial charge in [-0.05, 0) is 18.2 Å². The van der Waals surface area contributed by atoms with Crippen LogP contribution in [0.5, 0.6) is 0 Å². The summed E-state index contributed by atoms with van der Waals surface area (Å²) in [6, 6.07) is 7.59. The van der Waals surface area contributed by atoms with E-state index in [2.05, 4.69) is 9.97 Å². The van der Waals surface area contributed by atoms with Gasteiger partial charge in [-0.1, -0.05) is 23.7 Å². The van der Waals surface area contributed by atoms with E-state index in [1.54, 1.807) is 22.8 Å². The lowest BCUT2D eigenvalue weighted by molar-refractivity contribution is 0.598. The van der Waals surface area contributed by atoms with Crippen LogP contribution in [0.15, 0.2) is 47.9 Å². The summed E-state index contributed by atoms with van der Waals surface area (Å²) in [6.07, 6.45) is 3.93. The number of sulfone groups is 1. The van der Waals surface area contributed by atoms with Crippen molar-refractivity contribution in [3.8, 4) is 16.9 Å². The number of benzene rings is 1. The molecule has 0 saturated heterocycles. The number of hydrogen-bond donors (Lipinski definition) is 1. The number of hydrogen-bond acceptors (Lipinski definition) is 5. The first-order valence-corrected chi connectivity index (χ1v) is 9.46. The smallest absolute Gasteiger partial charge is 0.192 e. The second-order valence-electron chi connectivity index (χ2n) is 5.39. The first kappa shape index (κ1) is 17.5. The fourth-order valence-corrected chi connectivity index (χ4v) is 3.18. The van der Waals surface area contributed by atoms with E-state index in [0.29, 0.717) is 22.5 Å². The molecule has 0 aliphatic rings. The number of aromatic nitrogens is 3. The van der Waals surface area contributed by atoms with Gasteiger partial charge in [0, 0.05) is 23.9 Å². The molecule has 0 saturated carbocycles. The summed E-state index contributed by atoms with van der Waals surface area (Å²) in [5.74, 6) is -0.436. The van der Waals surface area contributed by atoms with Gasteiger partial charge in [0.2, 0.25) is 0 Å². The highest BCUT2D eigenvalue weighted by Gasteiger charge is 2.16. The van der Waals surface area contributed by atoms with Crippen molar-refractivity contribution in [2.24, 2.45) is 5.73 Å². The molecule has 0 bridgehead atoms. The summed E-state index contributed by atoms with van der Waals surface area (Å²) >= 11 is 6.16. The van der Waals surface area contributed by atoms with Crippen molar-refractivity contribution in [3.63, 3.8) is 0 Å². The molecule has 3 rings (SSSR count). The maximum absolute atomic E-state index is 14.1. The Morgan fingerprint density at radius 1 is 1.24 bits per heavy atom. The zero-order valence-electron chi connectivity index (χ0n) is 13.1. The molecule has 0 unspecified atom stereocenters. The Kier molecular flexibility index (Phi) is 4.59. The first-order valence-electron chi connectivity index (χ1n) is 7.19. The Morgan fingerprint density at radius 3 is 2.56 bits per heavy atom. The van der Waals surface area contributed by atoms with E-state index in [0.717, 1.165) is 6.26 Å². The first-order chi connectivity index (χ1) is 11.8. The molecular weight excluding hydrogens is 367 g/mol. The summed E-state index contributed by atoms with van der Waals surface area (Å²) in [4.78, 5) is 7.99. The minimum Gasteiger partial charge on any atom is -0.326 e. The maximum atomic E-state index is 14.1. The molecule has 0 spiro atoms. The SMILES string of the molecule is CS(=O)(=O)c1ccc(-n2cnc(Cl)c2-c2ccc(CN)c(F)c2)cn1. The van der Waals surface area contributed by atoms with E-state index >= 15 is 0 Å². The Bertz CT molecular complexity index is 1030. The second-order valence-corrected chi connectivity index (χ2v) is 7.71. The molecule has 2 heterocycles. The van der Waals surface area contributed by atoms with Crippen LogP contribution in [0.3, 0.4) is 0 Å². The van der Waals surface area contributed by atoms with Gasteiger partial charge in [-0.25, -0.2) is 22.8 Å². The summed E-state index contributed by atoms with van der Waals surface area (Å²) < 4.78 is 38.7. The average molecular weight is 381 g/mol. The van der Waals surface area contributed by atoms with Crippen molar-refractivity contribution in [2.75, 3.05) is 6.26 Å². The quantitative estimate of drug-likeness (QED) is 0.751. The van der Waals surface area contributed by atoms with Crippen molar-refractivity contribution in [1.29, 1.82) is 0 Å². The van der Waals surface area contributed by atoms with Gasteiger partial charge >= 0.3 is 0 Å². The van der Waals surface area contributed by atoms with E-state index in [4.69, 9.17) is 17.3 Å². The van der Waals surface area contributed by atoms with Crippen molar-refractivity contribution in [1.82, 2.24) is 14.5 Å². The van der Waals surface area contributed by atoms with E-state index < -0.39 is 15.7 Å². The van der Waals surface area contributed by atoms with Crippen LogP contribution < -0.4 is 5.73 Å². The lowest BCUT2D eigenvalue weighted by atomic mass is 10.1. The summed E-state index contributed by atoms with van der Waals surface area (Å²) in [5.41, 5.74) is 7.41. The topological polar surface area (TPSA) is 90.9 Å². The number of halogens is 2. The van der Waals surface area contributed by atoms with E-state index in [-0.39, 0.29) is 16.7 Å². The third-order valence-electron chi connectivity index (χ3n) is 3.65. The predicted molar refractivity (Wildman–Crippen MR) is 92.8 cm³/mol. The molecule has 130 valence electrons. The summed E-state index contributed by atoms with van der Waals surface area (Å²) in [6.45, 7) is 0.0932. The van der Waals surface area contributed by atoms with Crippen LogP contribution in [0, 0.1) is 5.82 Å². The van der Waals surface area contributed by atoms with E-state index in [1.165, 1.54) is 24.7 Å². The largest absolute Gasteiger partial charge is 0.326 e. The monoisotopic (exact) mass is 380 g/mol. The van der Waals surface area contributed by atoms with Gasteiger partial charge < -0.3 is 5.73 Å². The molecule has 9 heteroatoms. The molecule has 3 aromatic rings. The highest BCUT2D eigenvalue weighted by Crippen LogP contribution is 2.30. The minimum atomic E-state index is -3.40. The van der Waals surface area contributed by atoms with Crippen LogP contribution in [0.25, 0.3) is 16.9 Å². The fourth-order valence-electron chi connectivity index (χ4n) is 2.38. The third kappa shape index (κ3) is 3.41. The number of imidazole rings is 1. The molecule has 6 nitrogen and oxygen atoms in total. The van der Waals surface area contributed by atoms with Crippen molar-refractivity contribution >= 4 is 21.4 Å². The van der Waals surface area contributed by atoms with Crippen LogP contribution in [0.4, 0.5) is 4.39 Å². The molecule has 2 aromatic heterocycles. The molecule has 0 amide bonds. The molecular formula is C16H14ClFN4O2S. The van der Waals surface area contributed by atoms with Crippen LogP contribution in [0.1, 0.15) is 5.56 Å². The van der Waals surface area contributed by atoms with Gasteiger partial charge in [0.1, 0.15) is 12.1 Å².